The van der Waals surface area contributed by atoms with E-state index in [1.165, 1.54) is 11.8 Å². The Morgan fingerprint density at radius 3 is 2.79 bits per heavy atom. The van der Waals surface area contributed by atoms with Crippen LogP contribution in [0.4, 0.5) is 0 Å². The molecular weight excluding hydrogens is 464 g/mol. The van der Waals surface area contributed by atoms with Gasteiger partial charge in [0.15, 0.2) is 0 Å². The van der Waals surface area contributed by atoms with Crippen molar-refractivity contribution in [3.05, 3.63) is 83.8 Å². The minimum atomic E-state index is -0.253. The molecule has 2 heterocycles. The van der Waals surface area contributed by atoms with E-state index in [2.05, 4.69) is 20.5 Å². The van der Waals surface area contributed by atoms with E-state index in [1.807, 2.05) is 79.1 Å². The predicted octanol–water partition coefficient (Wildman–Crippen LogP) is 5.12. The van der Waals surface area contributed by atoms with E-state index in [0.717, 1.165) is 44.3 Å². The van der Waals surface area contributed by atoms with Gasteiger partial charge in [-0.2, -0.15) is 16.9 Å². The monoisotopic (exact) mass is 490 g/mol. The van der Waals surface area contributed by atoms with Gasteiger partial charge in [0, 0.05) is 21.4 Å². The van der Waals surface area contributed by atoms with Crippen molar-refractivity contribution in [2.75, 3.05) is 18.6 Å². The van der Waals surface area contributed by atoms with Crippen LogP contribution in [0.5, 0.6) is 0 Å². The number of rotatable bonds is 10. The molecule has 0 fully saturated rings. The number of aliphatic hydroxyl groups is 1. The maximum Gasteiger partial charge on any atom is 0.252 e. The number of benzene rings is 2. The smallest absolute Gasteiger partial charge is 0.252 e. The summed E-state index contributed by atoms with van der Waals surface area (Å²) in [7, 11) is 0. The van der Waals surface area contributed by atoms with Crippen molar-refractivity contribution in [1.82, 2.24) is 20.5 Å². The molecule has 0 aliphatic rings. The molecule has 2 aromatic heterocycles. The lowest BCUT2D eigenvalue weighted by molar-refractivity contribution is 0.0912. The SMILES string of the molecule is CSCC[C@H](CO)NC(=O)c1ccccc1Sc1ccc2c(/C=C/c3ccccn3)n[nH]c2c1. The Morgan fingerprint density at radius 2 is 2.00 bits per heavy atom. The quantitative estimate of drug-likeness (QED) is 0.286. The molecule has 0 saturated heterocycles. The highest BCUT2D eigenvalue weighted by molar-refractivity contribution is 7.99. The molecule has 8 heteroatoms. The maximum absolute atomic E-state index is 12.9. The molecule has 0 saturated carbocycles. The fourth-order valence-electron chi connectivity index (χ4n) is 3.45. The normalized spacial score (nSPS) is 12.3. The van der Waals surface area contributed by atoms with E-state index in [-0.39, 0.29) is 18.6 Å². The first-order valence-electron chi connectivity index (χ1n) is 10.9. The standard InChI is InChI=1S/C26H26N4O2S2/c1-33-15-13-19(17-31)28-26(32)22-7-2-3-8-25(22)34-20-10-11-21-23(29-30-24(21)16-20)12-9-18-6-4-5-14-27-18/h2-12,14,16,19,31H,13,15,17H2,1H3,(H,28,32)(H,29,30)/b12-9+/t19-/m1/s1. The molecule has 1 atom stereocenters. The number of thioether (sulfide) groups is 1. The van der Waals surface area contributed by atoms with Gasteiger partial charge in [0.2, 0.25) is 0 Å². The summed E-state index contributed by atoms with van der Waals surface area (Å²) < 4.78 is 0. The first-order chi connectivity index (χ1) is 16.7. The number of nitrogens with zero attached hydrogens (tertiary/aromatic N) is 2. The Kier molecular flexibility index (Phi) is 8.41. The summed E-state index contributed by atoms with van der Waals surface area (Å²) in [6.07, 6.45) is 8.39. The fraction of sp³-hybridized carbons (Fsp3) is 0.192. The Bertz CT molecular complexity index is 1270. The van der Waals surface area contributed by atoms with Crippen LogP contribution < -0.4 is 5.32 Å². The minimum absolute atomic E-state index is 0.0742. The number of nitrogens with one attached hydrogen (secondary N) is 2. The van der Waals surface area contributed by atoms with Crippen molar-refractivity contribution in [2.45, 2.75) is 22.3 Å². The third kappa shape index (κ3) is 6.08. The molecule has 0 aliphatic heterocycles. The molecule has 4 aromatic rings. The van der Waals surface area contributed by atoms with Crippen molar-refractivity contribution in [2.24, 2.45) is 0 Å². The molecule has 0 unspecified atom stereocenters. The number of aromatic amines is 1. The van der Waals surface area contributed by atoms with Gasteiger partial charge in [-0.1, -0.05) is 30.0 Å². The lowest BCUT2D eigenvalue weighted by Crippen LogP contribution is -2.38. The predicted molar refractivity (Wildman–Crippen MR) is 141 cm³/mol. The number of pyridine rings is 1. The van der Waals surface area contributed by atoms with Crippen molar-refractivity contribution in [3.8, 4) is 0 Å². The van der Waals surface area contributed by atoms with E-state index in [1.54, 1.807) is 18.0 Å². The summed E-state index contributed by atoms with van der Waals surface area (Å²) in [5.74, 6) is 0.707. The molecule has 0 radical (unpaired) electrons. The molecule has 2 aromatic carbocycles. The third-order valence-corrected chi connectivity index (χ3v) is 6.96. The molecule has 34 heavy (non-hydrogen) atoms. The van der Waals surface area contributed by atoms with E-state index in [4.69, 9.17) is 0 Å². The van der Waals surface area contributed by atoms with E-state index < -0.39 is 0 Å². The minimum Gasteiger partial charge on any atom is -0.394 e. The topological polar surface area (TPSA) is 90.9 Å². The Hall–Kier alpha value is -3.07. The molecule has 1 amide bonds. The summed E-state index contributed by atoms with van der Waals surface area (Å²) in [4.78, 5) is 19.1. The molecule has 0 bridgehead atoms. The Balaban J connectivity index is 1.51. The van der Waals surface area contributed by atoms with E-state index in [9.17, 15) is 9.90 Å². The molecule has 4 rings (SSSR count). The van der Waals surface area contributed by atoms with Gasteiger partial charge in [0.05, 0.1) is 35.1 Å². The summed E-state index contributed by atoms with van der Waals surface area (Å²) in [5, 5.41) is 21.1. The van der Waals surface area contributed by atoms with Gasteiger partial charge < -0.3 is 10.4 Å². The zero-order chi connectivity index (χ0) is 23.8. The summed E-state index contributed by atoms with van der Waals surface area (Å²) in [6, 6.07) is 19.2. The second-order valence-electron chi connectivity index (χ2n) is 7.64. The van der Waals surface area contributed by atoms with Crippen LogP contribution in [0.3, 0.4) is 0 Å². The first kappa shape index (κ1) is 24.1. The summed E-state index contributed by atoms with van der Waals surface area (Å²) in [6.45, 7) is -0.0742. The average molecular weight is 491 g/mol. The van der Waals surface area contributed by atoms with Crippen molar-refractivity contribution in [1.29, 1.82) is 0 Å². The summed E-state index contributed by atoms with van der Waals surface area (Å²) in [5.41, 5.74) is 3.23. The number of H-pyrrole nitrogens is 1. The largest absolute Gasteiger partial charge is 0.394 e. The van der Waals surface area contributed by atoms with Gasteiger partial charge in [-0.05, 0) is 73.0 Å². The second-order valence-corrected chi connectivity index (χ2v) is 9.74. The van der Waals surface area contributed by atoms with E-state index in [0.29, 0.717) is 5.56 Å². The lowest BCUT2D eigenvalue weighted by atomic mass is 10.1. The number of fused-ring (bicyclic) bond motifs is 1. The lowest BCUT2D eigenvalue weighted by Gasteiger charge is -2.17. The molecule has 0 aliphatic carbocycles. The highest BCUT2D eigenvalue weighted by atomic mass is 32.2. The van der Waals surface area contributed by atoms with Gasteiger partial charge >= 0.3 is 0 Å². The number of aromatic nitrogens is 3. The number of hydrogen-bond acceptors (Lipinski definition) is 6. The number of aliphatic hydroxyl groups excluding tert-OH is 1. The molecule has 174 valence electrons. The second kappa shape index (κ2) is 11.9. The molecular formula is C26H26N4O2S2. The third-order valence-electron chi connectivity index (χ3n) is 5.25. The van der Waals surface area contributed by atoms with E-state index >= 15 is 0 Å². The van der Waals surface area contributed by atoms with Crippen LogP contribution >= 0.6 is 23.5 Å². The maximum atomic E-state index is 12.9. The van der Waals surface area contributed by atoms with Crippen molar-refractivity contribution >= 4 is 52.5 Å². The van der Waals surface area contributed by atoms with Crippen LogP contribution in [0.15, 0.2) is 76.7 Å². The molecule has 0 spiro atoms. The number of carbonyl (C=O) groups is 1. The zero-order valence-electron chi connectivity index (χ0n) is 18.8. The zero-order valence-corrected chi connectivity index (χ0v) is 20.4. The van der Waals surface area contributed by atoms with Gasteiger partial charge in [-0.15, -0.1) is 0 Å². The highest BCUT2D eigenvalue weighted by Gasteiger charge is 2.16. The van der Waals surface area contributed by atoms with Crippen LogP contribution in [0.1, 0.15) is 28.2 Å². The number of amides is 1. The van der Waals surface area contributed by atoms with Gasteiger partial charge in [-0.3, -0.25) is 14.9 Å². The number of carbonyl (C=O) groups excluding carboxylic acids is 1. The van der Waals surface area contributed by atoms with Gasteiger partial charge in [-0.25, -0.2) is 0 Å². The highest BCUT2D eigenvalue weighted by Crippen LogP contribution is 2.33. The van der Waals surface area contributed by atoms with Gasteiger partial charge in [0.1, 0.15) is 0 Å². The number of hydrogen-bond donors (Lipinski definition) is 3. The summed E-state index contributed by atoms with van der Waals surface area (Å²) >= 11 is 3.22. The van der Waals surface area contributed by atoms with Crippen LogP contribution in [0, 0.1) is 0 Å². The van der Waals surface area contributed by atoms with Gasteiger partial charge in [0.25, 0.3) is 5.91 Å². The van der Waals surface area contributed by atoms with Crippen LogP contribution in [0.25, 0.3) is 23.1 Å². The van der Waals surface area contributed by atoms with Crippen LogP contribution in [-0.2, 0) is 0 Å². The Labute approximate surface area is 207 Å². The molecule has 6 nitrogen and oxygen atoms in total. The van der Waals surface area contributed by atoms with Crippen LogP contribution in [-0.4, -0.2) is 50.9 Å². The molecule has 3 N–H and O–H groups in total. The Morgan fingerprint density at radius 1 is 1.15 bits per heavy atom. The first-order valence-corrected chi connectivity index (χ1v) is 13.1. The van der Waals surface area contributed by atoms with Crippen molar-refractivity contribution in [3.63, 3.8) is 0 Å². The van der Waals surface area contributed by atoms with Crippen LogP contribution in [0.2, 0.25) is 0 Å². The van der Waals surface area contributed by atoms with Crippen molar-refractivity contribution < 1.29 is 9.90 Å². The average Bonchev–Trinajstić information content (AvgIpc) is 3.28. The fourth-order valence-corrected chi connectivity index (χ4v) is 4.96.